The lowest BCUT2D eigenvalue weighted by molar-refractivity contribution is -0.384. The number of nitrogens with zero attached hydrogens (tertiary/aromatic N) is 3. The van der Waals surface area contributed by atoms with Gasteiger partial charge in [-0.1, -0.05) is 42.5 Å². The van der Waals surface area contributed by atoms with Gasteiger partial charge in [-0.25, -0.2) is 9.29 Å². The summed E-state index contributed by atoms with van der Waals surface area (Å²) >= 11 is 5.18. The molecule has 2 heterocycles. The van der Waals surface area contributed by atoms with Crippen molar-refractivity contribution in [1.82, 2.24) is 9.88 Å². The van der Waals surface area contributed by atoms with Gasteiger partial charge >= 0.3 is 0 Å². The van der Waals surface area contributed by atoms with Gasteiger partial charge in [-0.15, -0.1) is 0 Å². The second kappa shape index (κ2) is 9.40. The fourth-order valence-corrected chi connectivity index (χ4v) is 4.68. The number of non-ortho nitro benzene ring substituents is 1. The van der Waals surface area contributed by atoms with Crippen molar-refractivity contribution in [3.63, 3.8) is 0 Å². The van der Waals surface area contributed by atoms with E-state index in [-0.39, 0.29) is 22.1 Å². The van der Waals surface area contributed by atoms with Crippen molar-refractivity contribution in [2.24, 2.45) is 0 Å². The molecule has 0 atom stereocenters. The molecule has 3 aromatic carbocycles. The predicted molar refractivity (Wildman–Crippen MR) is 141 cm³/mol. The monoisotopic (exact) mass is 514 g/mol. The van der Waals surface area contributed by atoms with Crippen LogP contribution < -0.4 is 10.2 Å². The molecule has 8 nitrogen and oxygen atoms in total. The van der Waals surface area contributed by atoms with Crippen LogP contribution in [0, 0.1) is 22.9 Å². The Morgan fingerprint density at radius 1 is 1.03 bits per heavy atom. The summed E-state index contributed by atoms with van der Waals surface area (Å²) in [5.74, 6) is -2.05. The lowest BCUT2D eigenvalue weighted by atomic mass is 10.0. The van der Waals surface area contributed by atoms with Crippen molar-refractivity contribution in [1.29, 1.82) is 0 Å². The number of aromatic nitrogens is 1. The summed E-state index contributed by atoms with van der Waals surface area (Å²) in [6, 6.07) is 19.5. The number of anilines is 1. The van der Waals surface area contributed by atoms with Gasteiger partial charge in [0.1, 0.15) is 11.4 Å². The van der Waals surface area contributed by atoms with Gasteiger partial charge in [0, 0.05) is 40.8 Å². The molecule has 37 heavy (non-hydrogen) atoms. The van der Waals surface area contributed by atoms with Gasteiger partial charge in [0.25, 0.3) is 17.5 Å². The molecule has 5 rings (SSSR count). The first kappa shape index (κ1) is 24.0. The molecular formula is C27H19FN4O4S. The molecule has 1 aliphatic rings. The Morgan fingerprint density at radius 3 is 2.41 bits per heavy atom. The van der Waals surface area contributed by atoms with Crippen LogP contribution >= 0.6 is 12.2 Å². The Hall–Kier alpha value is -4.70. The number of fused-ring (bicyclic) bond motifs is 1. The van der Waals surface area contributed by atoms with Crippen LogP contribution in [0.25, 0.3) is 17.0 Å². The van der Waals surface area contributed by atoms with Gasteiger partial charge in [-0.2, -0.15) is 0 Å². The number of thiocarbonyl (C=S) groups is 1. The van der Waals surface area contributed by atoms with Crippen molar-refractivity contribution in [3.05, 3.63) is 111 Å². The normalized spacial score (nSPS) is 14.9. The maximum absolute atomic E-state index is 14.5. The lowest BCUT2D eigenvalue weighted by Gasteiger charge is -2.29. The van der Waals surface area contributed by atoms with Crippen LogP contribution in [-0.4, -0.2) is 26.4 Å². The first-order chi connectivity index (χ1) is 17.8. The van der Waals surface area contributed by atoms with Crippen LogP contribution in [0.15, 0.2) is 78.4 Å². The van der Waals surface area contributed by atoms with Crippen LogP contribution in [0.2, 0.25) is 0 Å². The summed E-state index contributed by atoms with van der Waals surface area (Å²) in [5, 5.41) is 14.1. The van der Waals surface area contributed by atoms with Gasteiger partial charge in [-0.05, 0) is 49.0 Å². The lowest BCUT2D eigenvalue weighted by Crippen LogP contribution is -2.54. The van der Waals surface area contributed by atoms with Crippen LogP contribution in [0.1, 0.15) is 16.8 Å². The molecule has 0 aliphatic carbocycles. The largest absolute Gasteiger partial charge is 0.340 e. The minimum atomic E-state index is -0.731. The second-order valence-electron chi connectivity index (χ2n) is 8.44. The maximum Gasteiger partial charge on any atom is 0.270 e. The fraction of sp³-hybridized carbons (Fsp3) is 0.0741. The average Bonchev–Trinajstić information content (AvgIpc) is 3.13. The van der Waals surface area contributed by atoms with Gasteiger partial charge < -0.3 is 4.57 Å². The molecule has 0 spiro atoms. The number of hydrogen-bond acceptors (Lipinski definition) is 5. The van der Waals surface area contributed by atoms with E-state index in [4.69, 9.17) is 12.2 Å². The van der Waals surface area contributed by atoms with E-state index in [2.05, 4.69) is 5.32 Å². The number of halogens is 1. The molecule has 0 radical (unpaired) electrons. The van der Waals surface area contributed by atoms with Gasteiger partial charge in [0.05, 0.1) is 10.6 Å². The van der Waals surface area contributed by atoms with E-state index in [1.165, 1.54) is 36.4 Å². The van der Waals surface area contributed by atoms with E-state index in [1.807, 2.05) is 35.8 Å². The van der Waals surface area contributed by atoms with Crippen LogP contribution in [0.5, 0.6) is 0 Å². The van der Waals surface area contributed by atoms with Crippen LogP contribution in [0.4, 0.5) is 15.8 Å². The molecule has 1 fully saturated rings. The van der Waals surface area contributed by atoms with Gasteiger partial charge in [0.15, 0.2) is 5.11 Å². The molecule has 1 N–H and O–H groups in total. The smallest absolute Gasteiger partial charge is 0.270 e. The fourth-order valence-electron chi connectivity index (χ4n) is 4.40. The third kappa shape index (κ3) is 4.27. The number of amides is 2. The molecule has 1 aliphatic heterocycles. The molecule has 1 saturated heterocycles. The summed E-state index contributed by atoms with van der Waals surface area (Å²) < 4.78 is 16.5. The molecule has 4 aromatic rings. The van der Waals surface area contributed by atoms with Crippen LogP contribution in [0.3, 0.4) is 0 Å². The Kier molecular flexibility index (Phi) is 6.10. The van der Waals surface area contributed by atoms with Gasteiger partial charge in [0.2, 0.25) is 0 Å². The van der Waals surface area contributed by atoms with E-state index < -0.39 is 22.6 Å². The molecule has 0 bridgehead atoms. The number of hydrogen-bond donors (Lipinski definition) is 1. The number of benzene rings is 3. The average molecular weight is 515 g/mol. The van der Waals surface area contributed by atoms with Crippen LogP contribution in [-0.2, 0) is 16.1 Å². The third-order valence-electron chi connectivity index (χ3n) is 6.25. The Bertz CT molecular complexity index is 1640. The zero-order valence-corrected chi connectivity index (χ0v) is 20.3. The minimum Gasteiger partial charge on any atom is -0.340 e. The van der Waals surface area contributed by atoms with Gasteiger partial charge in [-0.3, -0.25) is 25.0 Å². The highest BCUT2D eigenvalue weighted by molar-refractivity contribution is 7.80. The number of para-hydroxylation sites is 2. The molecule has 1 aromatic heterocycles. The second-order valence-corrected chi connectivity index (χ2v) is 8.82. The molecule has 0 unspecified atom stereocenters. The quantitative estimate of drug-likeness (QED) is 0.135. The topological polar surface area (TPSA) is 97.5 Å². The molecule has 10 heteroatoms. The molecular weight excluding hydrogens is 495 g/mol. The van der Waals surface area contributed by atoms with E-state index in [0.29, 0.717) is 12.1 Å². The zero-order valence-electron chi connectivity index (χ0n) is 19.5. The van der Waals surface area contributed by atoms with E-state index in [1.54, 1.807) is 18.2 Å². The summed E-state index contributed by atoms with van der Waals surface area (Å²) in [7, 11) is 0. The Labute approximate surface area is 215 Å². The standard InChI is InChI=1S/C27H19FN4O4S/c1-16-20(14-21-25(33)29-27(37)31(26(21)34)24-9-5-3-7-22(24)28)19-6-2-4-8-23(19)30(16)15-17-10-12-18(13-11-17)32(35)36/h2-14H,15H2,1H3,(H,29,33,37)/b21-14+. The first-order valence-corrected chi connectivity index (χ1v) is 11.6. The maximum atomic E-state index is 14.5. The number of nitrogens with one attached hydrogen (secondary N) is 1. The number of carbonyl (C=O) groups excluding carboxylic acids is 2. The summed E-state index contributed by atoms with van der Waals surface area (Å²) in [5.41, 5.74) is 2.89. The summed E-state index contributed by atoms with van der Waals surface area (Å²) in [4.78, 5) is 37.8. The molecule has 2 amide bonds. The highest BCUT2D eigenvalue weighted by Gasteiger charge is 2.36. The van der Waals surface area contributed by atoms with Crippen molar-refractivity contribution >= 4 is 57.5 Å². The SMILES string of the molecule is Cc1c(/C=C2\C(=O)NC(=S)N(c3ccccc3F)C2=O)c2ccccc2n1Cc1ccc([N+](=O)[O-])cc1. The number of carbonyl (C=O) groups is 2. The van der Waals surface area contributed by atoms with Crippen molar-refractivity contribution in [2.75, 3.05) is 4.90 Å². The highest BCUT2D eigenvalue weighted by Crippen LogP contribution is 2.31. The van der Waals surface area contributed by atoms with E-state index in [9.17, 15) is 24.1 Å². The number of rotatable bonds is 5. The zero-order chi connectivity index (χ0) is 26.3. The molecule has 184 valence electrons. The number of nitro groups is 1. The number of nitro benzene ring substituents is 1. The van der Waals surface area contributed by atoms with E-state index in [0.717, 1.165) is 27.1 Å². The van der Waals surface area contributed by atoms with Crippen molar-refractivity contribution in [3.8, 4) is 0 Å². The molecule has 0 saturated carbocycles. The minimum absolute atomic E-state index is 0.00223. The summed E-state index contributed by atoms with van der Waals surface area (Å²) in [6.07, 6.45) is 1.50. The van der Waals surface area contributed by atoms with Crippen molar-refractivity contribution in [2.45, 2.75) is 13.5 Å². The van der Waals surface area contributed by atoms with E-state index >= 15 is 0 Å². The third-order valence-corrected chi connectivity index (χ3v) is 6.54. The Balaban J connectivity index is 1.59. The predicted octanol–water partition coefficient (Wildman–Crippen LogP) is 4.88. The highest BCUT2D eigenvalue weighted by atomic mass is 32.1. The summed E-state index contributed by atoms with van der Waals surface area (Å²) in [6.45, 7) is 2.28. The van der Waals surface area contributed by atoms with Crippen molar-refractivity contribution < 1.29 is 18.9 Å². The Morgan fingerprint density at radius 2 is 1.70 bits per heavy atom. The first-order valence-electron chi connectivity index (χ1n) is 11.2.